The summed E-state index contributed by atoms with van der Waals surface area (Å²) in [6.45, 7) is 9.84. The highest BCUT2D eigenvalue weighted by Gasteiger charge is 2.42. The van der Waals surface area contributed by atoms with Gasteiger partial charge in [-0.25, -0.2) is 4.79 Å². The van der Waals surface area contributed by atoms with E-state index in [-0.39, 0.29) is 6.42 Å². The maximum atomic E-state index is 11.8. The van der Waals surface area contributed by atoms with Gasteiger partial charge in [-0.15, -0.1) is 0 Å². The summed E-state index contributed by atoms with van der Waals surface area (Å²) in [7, 11) is 0. The molecule has 0 aromatic heterocycles. The summed E-state index contributed by atoms with van der Waals surface area (Å²) in [5.41, 5.74) is 6.09. The van der Waals surface area contributed by atoms with Crippen LogP contribution in [-0.2, 0) is 4.79 Å². The van der Waals surface area contributed by atoms with Crippen LogP contribution in [0.1, 0.15) is 59.3 Å². The molecule has 1 rings (SSSR count). The lowest BCUT2D eigenvalue weighted by molar-refractivity contribution is -0.160. The zero-order valence-corrected chi connectivity index (χ0v) is 17.9. The van der Waals surface area contributed by atoms with Crippen LogP contribution in [0.4, 0.5) is 0 Å². The van der Waals surface area contributed by atoms with Crippen molar-refractivity contribution in [1.82, 2.24) is 0 Å². The topological polar surface area (TPSA) is 83.5 Å². The van der Waals surface area contributed by atoms with Gasteiger partial charge in [-0.3, -0.25) is 0 Å². The van der Waals surface area contributed by atoms with E-state index in [0.29, 0.717) is 11.7 Å². The van der Waals surface area contributed by atoms with Gasteiger partial charge in [0.25, 0.3) is 0 Å². The SMILES string of the molecule is C=C/C=C(\C=C(/C)CC(O)(C(=O)O)C(N)CSCC(C)C)CCCC1CC1. The molecule has 1 aliphatic rings. The highest BCUT2D eigenvalue weighted by Crippen LogP contribution is 2.34. The second kappa shape index (κ2) is 11.7. The van der Waals surface area contributed by atoms with Crippen LogP contribution in [0.25, 0.3) is 0 Å². The lowest BCUT2D eigenvalue weighted by Gasteiger charge is -2.30. The zero-order valence-electron chi connectivity index (χ0n) is 17.1. The predicted octanol–water partition coefficient (Wildman–Crippen LogP) is 4.55. The Morgan fingerprint density at radius 3 is 2.56 bits per heavy atom. The predicted molar refractivity (Wildman–Crippen MR) is 116 cm³/mol. The maximum absolute atomic E-state index is 11.8. The first-order chi connectivity index (χ1) is 12.7. The third kappa shape index (κ3) is 9.13. The van der Waals surface area contributed by atoms with Crippen molar-refractivity contribution in [1.29, 1.82) is 0 Å². The number of thioether (sulfide) groups is 1. The van der Waals surface area contributed by atoms with Crippen LogP contribution in [0.2, 0.25) is 0 Å². The number of hydrogen-bond acceptors (Lipinski definition) is 4. The van der Waals surface area contributed by atoms with Crippen LogP contribution in [-0.4, -0.2) is 39.3 Å². The van der Waals surface area contributed by atoms with Gasteiger partial charge in [-0.1, -0.05) is 63.5 Å². The summed E-state index contributed by atoms with van der Waals surface area (Å²) in [6.07, 6.45) is 11.8. The van der Waals surface area contributed by atoms with Crippen molar-refractivity contribution in [3.8, 4) is 0 Å². The van der Waals surface area contributed by atoms with Crippen molar-refractivity contribution < 1.29 is 15.0 Å². The first kappa shape index (κ1) is 24.0. The molecule has 0 aliphatic heterocycles. The third-order valence-electron chi connectivity index (χ3n) is 4.82. The van der Waals surface area contributed by atoms with Crippen LogP contribution < -0.4 is 5.73 Å². The second-order valence-electron chi connectivity index (χ2n) is 8.25. The molecule has 0 saturated heterocycles. The van der Waals surface area contributed by atoms with E-state index in [1.165, 1.54) is 19.3 Å². The Hall–Kier alpha value is -1.04. The van der Waals surface area contributed by atoms with Crippen molar-refractivity contribution in [2.75, 3.05) is 11.5 Å². The molecular formula is C22H37NO3S. The minimum Gasteiger partial charge on any atom is -0.479 e. The van der Waals surface area contributed by atoms with Gasteiger partial charge in [0.1, 0.15) is 0 Å². The van der Waals surface area contributed by atoms with Crippen LogP contribution in [0.3, 0.4) is 0 Å². The molecule has 0 spiro atoms. The molecule has 0 bridgehead atoms. The van der Waals surface area contributed by atoms with Gasteiger partial charge >= 0.3 is 5.97 Å². The third-order valence-corrected chi connectivity index (χ3v) is 6.32. The molecule has 0 radical (unpaired) electrons. The Bertz CT molecular complexity index is 552. The summed E-state index contributed by atoms with van der Waals surface area (Å²) >= 11 is 1.59. The van der Waals surface area contributed by atoms with Crippen molar-refractivity contribution >= 4 is 17.7 Å². The van der Waals surface area contributed by atoms with Gasteiger partial charge in [0, 0.05) is 12.2 Å². The van der Waals surface area contributed by atoms with Crippen LogP contribution >= 0.6 is 11.8 Å². The number of carboxylic acid groups (broad SMARTS) is 1. The van der Waals surface area contributed by atoms with Crippen LogP contribution in [0, 0.1) is 11.8 Å². The van der Waals surface area contributed by atoms with E-state index in [4.69, 9.17) is 5.73 Å². The summed E-state index contributed by atoms with van der Waals surface area (Å²) in [5.74, 6) is 1.47. The van der Waals surface area contributed by atoms with Crippen LogP contribution in [0.15, 0.2) is 36.0 Å². The Balaban J connectivity index is 2.72. The number of aliphatic hydroxyl groups is 1. The number of allylic oxidation sites excluding steroid dienone is 4. The Labute approximate surface area is 169 Å². The minimum atomic E-state index is -1.95. The molecule has 4 nitrogen and oxygen atoms in total. The largest absolute Gasteiger partial charge is 0.479 e. The zero-order chi connectivity index (χ0) is 20.4. The summed E-state index contributed by atoms with van der Waals surface area (Å²) in [5, 5.41) is 20.4. The van der Waals surface area contributed by atoms with Crippen molar-refractivity contribution in [3.05, 3.63) is 36.0 Å². The average Bonchev–Trinajstić information content (AvgIpc) is 3.38. The first-order valence-corrected chi connectivity index (χ1v) is 11.1. The van der Waals surface area contributed by atoms with Crippen molar-refractivity contribution in [2.24, 2.45) is 17.6 Å². The van der Waals surface area contributed by atoms with Gasteiger partial charge in [0.2, 0.25) is 0 Å². The van der Waals surface area contributed by atoms with E-state index < -0.39 is 17.6 Å². The number of carbonyl (C=O) groups is 1. The lowest BCUT2D eigenvalue weighted by Crippen LogP contribution is -2.55. The molecule has 1 saturated carbocycles. The molecule has 154 valence electrons. The monoisotopic (exact) mass is 395 g/mol. The number of nitrogens with two attached hydrogens (primary N) is 1. The van der Waals surface area contributed by atoms with Gasteiger partial charge in [-0.05, 0) is 42.9 Å². The van der Waals surface area contributed by atoms with Gasteiger partial charge in [0.05, 0.1) is 6.04 Å². The van der Waals surface area contributed by atoms with E-state index in [1.54, 1.807) is 17.8 Å². The van der Waals surface area contributed by atoms with E-state index >= 15 is 0 Å². The van der Waals surface area contributed by atoms with E-state index in [9.17, 15) is 15.0 Å². The Kier molecular flexibility index (Phi) is 10.4. The molecule has 5 heteroatoms. The molecule has 0 heterocycles. The van der Waals surface area contributed by atoms with Crippen molar-refractivity contribution in [2.45, 2.75) is 70.9 Å². The standard InChI is InChI=1S/C22H37NO3S/c1-5-7-19(9-6-8-18-10-11-18)12-17(4)13-22(26,21(24)25)20(23)15-27-14-16(2)3/h5,7,12,16,18,20,26H,1,6,8-11,13-15,23H2,2-4H3,(H,24,25)/b17-12+,19-7-. The average molecular weight is 396 g/mol. The van der Waals surface area contributed by atoms with Crippen molar-refractivity contribution in [3.63, 3.8) is 0 Å². The molecule has 27 heavy (non-hydrogen) atoms. The van der Waals surface area contributed by atoms with Gasteiger partial charge in [0.15, 0.2) is 5.60 Å². The van der Waals surface area contributed by atoms with E-state index in [0.717, 1.165) is 35.7 Å². The van der Waals surface area contributed by atoms with Crippen LogP contribution in [0.5, 0.6) is 0 Å². The summed E-state index contributed by atoms with van der Waals surface area (Å²) in [6, 6.07) is -0.816. The lowest BCUT2D eigenvalue weighted by atomic mass is 9.87. The minimum absolute atomic E-state index is 0.0306. The molecule has 2 atom stereocenters. The quantitative estimate of drug-likeness (QED) is 0.376. The number of aliphatic carboxylic acids is 1. The van der Waals surface area contributed by atoms with Gasteiger partial charge < -0.3 is 15.9 Å². The molecule has 0 aromatic carbocycles. The number of hydrogen-bond donors (Lipinski definition) is 3. The molecule has 1 fully saturated rings. The molecular weight excluding hydrogens is 358 g/mol. The fourth-order valence-electron chi connectivity index (χ4n) is 3.08. The van der Waals surface area contributed by atoms with Gasteiger partial charge in [-0.2, -0.15) is 11.8 Å². The Morgan fingerprint density at radius 1 is 1.37 bits per heavy atom. The number of carboxylic acids is 1. The molecule has 1 aliphatic carbocycles. The smallest absolute Gasteiger partial charge is 0.337 e. The second-order valence-corrected chi connectivity index (χ2v) is 9.32. The highest BCUT2D eigenvalue weighted by molar-refractivity contribution is 7.99. The Morgan fingerprint density at radius 2 is 2.04 bits per heavy atom. The number of rotatable bonds is 14. The highest BCUT2D eigenvalue weighted by atomic mass is 32.2. The maximum Gasteiger partial charge on any atom is 0.337 e. The summed E-state index contributed by atoms with van der Waals surface area (Å²) in [4.78, 5) is 11.8. The molecule has 0 amide bonds. The van der Waals surface area contributed by atoms with E-state index in [2.05, 4.69) is 20.4 Å². The normalized spacial score (nSPS) is 19.0. The summed E-state index contributed by atoms with van der Waals surface area (Å²) < 4.78 is 0. The fourth-order valence-corrected chi connectivity index (χ4v) is 4.22. The molecule has 4 N–H and O–H groups in total. The molecule has 2 unspecified atom stereocenters. The fraction of sp³-hybridized carbons (Fsp3) is 0.682. The first-order valence-electron chi connectivity index (χ1n) is 9.96. The molecule has 0 aromatic rings. The van der Waals surface area contributed by atoms with E-state index in [1.807, 2.05) is 19.1 Å².